The predicted molar refractivity (Wildman–Crippen MR) is 33.5 cm³/mol. The zero-order valence-corrected chi connectivity index (χ0v) is 5.42. The summed E-state index contributed by atoms with van der Waals surface area (Å²) in [5.74, 6) is 4.90. The van der Waals surface area contributed by atoms with Crippen molar-refractivity contribution < 1.29 is 4.79 Å². The summed E-state index contributed by atoms with van der Waals surface area (Å²) in [7, 11) is 1.75. The molecule has 1 aliphatic carbocycles. The highest BCUT2D eigenvalue weighted by Gasteiger charge is 2.28. The smallest absolute Gasteiger partial charge is 0.324 e. The molecule has 4 heteroatoms. The molecule has 9 heavy (non-hydrogen) atoms. The standard InChI is InChI=1S/C5H11N3O/c1-8(4-2-3-4)5(9)7-6/h4H,2-3,6H2,1H3,(H,7,9). The van der Waals surface area contributed by atoms with Crippen molar-refractivity contribution in [2.24, 2.45) is 5.84 Å². The second-order valence-electron chi connectivity index (χ2n) is 2.29. The highest BCUT2D eigenvalue weighted by Crippen LogP contribution is 2.24. The van der Waals surface area contributed by atoms with Crippen LogP contribution in [0.4, 0.5) is 4.79 Å². The Hall–Kier alpha value is -0.770. The second kappa shape index (κ2) is 2.23. The number of nitrogens with two attached hydrogens (primary N) is 1. The van der Waals surface area contributed by atoms with Crippen LogP contribution in [0.25, 0.3) is 0 Å². The molecule has 0 aromatic carbocycles. The van der Waals surface area contributed by atoms with E-state index in [-0.39, 0.29) is 6.03 Å². The zero-order chi connectivity index (χ0) is 6.85. The molecule has 0 saturated heterocycles. The average molecular weight is 129 g/mol. The number of hydrogen-bond acceptors (Lipinski definition) is 2. The first kappa shape index (κ1) is 6.35. The fourth-order valence-electron chi connectivity index (χ4n) is 0.729. The number of rotatable bonds is 1. The van der Waals surface area contributed by atoms with Gasteiger partial charge in [0.2, 0.25) is 0 Å². The molecule has 1 aliphatic rings. The number of nitrogens with one attached hydrogen (secondary N) is 1. The largest absolute Gasteiger partial charge is 0.331 e. The molecule has 0 heterocycles. The minimum atomic E-state index is -0.197. The number of carbonyl (C=O) groups is 1. The summed E-state index contributed by atoms with van der Waals surface area (Å²) < 4.78 is 0. The van der Waals surface area contributed by atoms with E-state index in [2.05, 4.69) is 5.43 Å². The van der Waals surface area contributed by atoms with Gasteiger partial charge in [-0.1, -0.05) is 0 Å². The van der Waals surface area contributed by atoms with Crippen LogP contribution in [0, 0.1) is 0 Å². The highest BCUT2D eigenvalue weighted by molar-refractivity contribution is 5.73. The summed E-state index contributed by atoms with van der Waals surface area (Å²) in [5, 5.41) is 0. The summed E-state index contributed by atoms with van der Waals surface area (Å²) in [6.45, 7) is 0. The lowest BCUT2D eigenvalue weighted by molar-refractivity contribution is 0.207. The summed E-state index contributed by atoms with van der Waals surface area (Å²) in [4.78, 5) is 12.3. The number of carbonyl (C=O) groups excluding carboxylic acids is 1. The Morgan fingerprint density at radius 2 is 2.33 bits per heavy atom. The van der Waals surface area contributed by atoms with Crippen LogP contribution >= 0.6 is 0 Å². The topological polar surface area (TPSA) is 58.4 Å². The third-order valence-electron chi connectivity index (χ3n) is 1.54. The summed E-state index contributed by atoms with van der Waals surface area (Å²) >= 11 is 0. The number of urea groups is 1. The number of amides is 2. The van der Waals surface area contributed by atoms with E-state index in [0.29, 0.717) is 6.04 Å². The van der Waals surface area contributed by atoms with Gasteiger partial charge in [0.25, 0.3) is 0 Å². The normalized spacial score (nSPS) is 17.1. The van der Waals surface area contributed by atoms with E-state index in [1.165, 1.54) is 0 Å². The van der Waals surface area contributed by atoms with Crippen molar-refractivity contribution in [1.82, 2.24) is 10.3 Å². The molecular formula is C5H11N3O. The Balaban J connectivity index is 2.30. The Kier molecular flexibility index (Phi) is 1.57. The first-order chi connectivity index (χ1) is 4.25. The highest BCUT2D eigenvalue weighted by atomic mass is 16.2. The molecular weight excluding hydrogens is 118 g/mol. The van der Waals surface area contributed by atoms with E-state index < -0.39 is 0 Å². The molecule has 0 aromatic heterocycles. The van der Waals surface area contributed by atoms with Crippen LogP contribution in [0.15, 0.2) is 0 Å². The molecule has 0 spiro atoms. The predicted octanol–water partition coefficient (Wildman–Crippen LogP) is -0.336. The number of nitrogens with zero attached hydrogens (tertiary/aromatic N) is 1. The van der Waals surface area contributed by atoms with Crippen molar-refractivity contribution in [3.63, 3.8) is 0 Å². The first-order valence-electron chi connectivity index (χ1n) is 2.99. The van der Waals surface area contributed by atoms with Gasteiger partial charge in [0.05, 0.1) is 0 Å². The van der Waals surface area contributed by atoms with Crippen LogP contribution in [0.5, 0.6) is 0 Å². The van der Waals surface area contributed by atoms with E-state index in [4.69, 9.17) is 5.84 Å². The van der Waals surface area contributed by atoms with E-state index in [1.807, 2.05) is 0 Å². The maximum atomic E-state index is 10.7. The molecule has 1 fully saturated rings. The van der Waals surface area contributed by atoms with Crippen molar-refractivity contribution in [2.45, 2.75) is 18.9 Å². The fraction of sp³-hybridized carbons (Fsp3) is 0.800. The Bertz CT molecular complexity index is 121. The van der Waals surface area contributed by atoms with Crippen LogP contribution in [0.1, 0.15) is 12.8 Å². The van der Waals surface area contributed by atoms with Crippen molar-refractivity contribution in [1.29, 1.82) is 0 Å². The van der Waals surface area contributed by atoms with Gasteiger partial charge in [-0.3, -0.25) is 5.43 Å². The molecule has 2 amide bonds. The fourth-order valence-corrected chi connectivity index (χ4v) is 0.729. The van der Waals surface area contributed by atoms with Gasteiger partial charge >= 0.3 is 6.03 Å². The molecule has 3 N–H and O–H groups in total. The third kappa shape index (κ3) is 1.32. The maximum Gasteiger partial charge on any atom is 0.331 e. The molecule has 1 saturated carbocycles. The average Bonchev–Trinajstić information content (AvgIpc) is 2.66. The first-order valence-corrected chi connectivity index (χ1v) is 2.99. The van der Waals surface area contributed by atoms with Crippen LogP contribution in [-0.2, 0) is 0 Å². The lowest BCUT2D eigenvalue weighted by Crippen LogP contribution is -2.42. The second-order valence-corrected chi connectivity index (χ2v) is 2.29. The van der Waals surface area contributed by atoms with Crippen molar-refractivity contribution in [3.05, 3.63) is 0 Å². The van der Waals surface area contributed by atoms with Gasteiger partial charge in [-0.25, -0.2) is 10.6 Å². The van der Waals surface area contributed by atoms with E-state index in [1.54, 1.807) is 11.9 Å². The molecule has 0 unspecified atom stereocenters. The summed E-state index contributed by atoms with van der Waals surface area (Å²) in [6.07, 6.45) is 2.23. The number of hydrazine groups is 1. The lowest BCUT2D eigenvalue weighted by Gasteiger charge is -2.13. The van der Waals surface area contributed by atoms with Gasteiger partial charge < -0.3 is 4.90 Å². The van der Waals surface area contributed by atoms with E-state index in [9.17, 15) is 4.79 Å². The Morgan fingerprint density at radius 3 is 2.67 bits per heavy atom. The minimum absolute atomic E-state index is 0.197. The number of hydrogen-bond donors (Lipinski definition) is 2. The van der Waals surface area contributed by atoms with Gasteiger partial charge in [0, 0.05) is 13.1 Å². The van der Waals surface area contributed by atoms with Gasteiger partial charge in [0.15, 0.2) is 0 Å². The third-order valence-corrected chi connectivity index (χ3v) is 1.54. The molecule has 0 radical (unpaired) electrons. The van der Waals surface area contributed by atoms with Crippen LogP contribution in [-0.4, -0.2) is 24.0 Å². The quantitative estimate of drug-likeness (QED) is 0.289. The van der Waals surface area contributed by atoms with Crippen molar-refractivity contribution in [2.75, 3.05) is 7.05 Å². The Morgan fingerprint density at radius 1 is 1.78 bits per heavy atom. The molecule has 1 rings (SSSR count). The monoisotopic (exact) mass is 129 g/mol. The lowest BCUT2D eigenvalue weighted by atomic mass is 10.6. The van der Waals surface area contributed by atoms with Gasteiger partial charge in [-0.2, -0.15) is 0 Å². The SMILES string of the molecule is CN(C(=O)NN)C1CC1. The van der Waals surface area contributed by atoms with Gasteiger partial charge in [-0.05, 0) is 12.8 Å². The van der Waals surface area contributed by atoms with Crippen LogP contribution in [0.2, 0.25) is 0 Å². The summed E-state index contributed by atoms with van der Waals surface area (Å²) in [6, 6.07) is 0.242. The zero-order valence-electron chi connectivity index (χ0n) is 5.42. The maximum absolute atomic E-state index is 10.7. The minimum Gasteiger partial charge on any atom is -0.324 e. The molecule has 0 aliphatic heterocycles. The Labute approximate surface area is 54.0 Å². The van der Waals surface area contributed by atoms with Gasteiger partial charge in [0.1, 0.15) is 0 Å². The molecule has 0 bridgehead atoms. The van der Waals surface area contributed by atoms with Crippen LogP contribution < -0.4 is 11.3 Å². The van der Waals surface area contributed by atoms with E-state index >= 15 is 0 Å². The van der Waals surface area contributed by atoms with Crippen molar-refractivity contribution >= 4 is 6.03 Å². The molecule has 0 aromatic rings. The summed E-state index contributed by atoms with van der Waals surface area (Å²) in [5.41, 5.74) is 2.07. The van der Waals surface area contributed by atoms with Crippen LogP contribution in [0.3, 0.4) is 0 Å². The molecule has 52 valence electrons. The van der Waals surface area contributed by atoms with E-state index in [0.717, 1.165) is 12.8 Å². The van der Waals surface area contributed by atoms with Crippen molar-refractivity contribution in [3.8, 4) is 0 Å². The molecule has 4 nitrogen and oxygen atoms in total. The van der Waals surface area contributed by atoms with Gasteiger partial charge in [-0.15, -0.1) is 0 Å². The molecule has 0 atom stereocenters.